The summed E-state index contributed by atoms with van der Waals surface area (Å²) in [6, 6.07) is 0.684. The van der Waals surface area contributed by atoms with Crippen molar-refractivity contribution in [2.75, 3.05) is 26.2 Å². The minimum Gasteiger partial charge on any atom is -0.316 e. The van der Waals surface area contributed by atoms with Gasteiger partial charge in [-0.3, -0.25) is 0 Å². The van der Waals surface area contributed by atoms with Crippen molar-refractivity contribution >= 4 is 0 Å². The molecule has 0 aromatic carbocycles. The highest BCUT2D eigenvalue weighted by Gasteiger charge is 2.31. The third-order valence-electron chi connectivity index (χ3n) is 4.16. The van der Waals surface area contributed by atoms with Crippen molar-refractivity contribution in [1.82, 2.24) is 10.2 Å². The highest BCUT2D eigenvalue weighted by molar-refractivity contribution is 4.85. The first-order valence-electron chi connectivity index (χ1n) is 7.95. The van der Waals surface area contributed by atoms with Crippen molar-refractivity contribution in [1.29, 1.82) is 0 Å². The van der Waals surface area contributed by atoms with Gasteiger partial charge in [0.05, 0.1) is 0 Å². The molecule has 0 spiro atoms. The zero-order valence-electron chi connectivity index (χ0n) is 13.3. The summed E-state index contributed by atoms with van der Waals surface area (Å²) >= 11 is 0. The normalized spacial score (nSPS) is 19.5. The number of rotatable bonds is 10. The van der Waals surface area contributed by atoms with Crippen molar-refractivity contribution in [3.63, 3.8) is 0 Å². The van der Waals surface area contributed by atoms with Crippen molar-refractivity contribution in [3.8, 4) is 0 Å². The molecular formula is C16H34N2. The van der Waals surface area contributed by atoms with Gasteiger partial charge in [0, 0.05) is 25.7 Å². The molecule has 1 fully saturated rings. The Labute approximate surface area is 115 Å². The van der Waals surface area contributed by atoms with Gasteiger partial charge < -0.3 is 10.2 Å². The highest BCUT2D eigenvalue weighted by Crippen LogP contribution is 2.32. The molecule has 1 saturated carbocycles. The molecular weight excluding hydrogens is 220 g/mol. The Bertz CT molecular complexity index is 223. The van der Waals surface area contributed by atoms with Gasteiger partial charge in [-0.2, -0.15) is 0 Å². The topological polar surface area (TPSA) is 15.3 Å². The first-order chi connectivity index (χ1) is 8.50. The number of nitrogens with zero attached hydrogens (tertiary/aromatic N) is 1. The summed E-state index contributed by atoms with van der Waals surface area (Å²) in [7, 11) is 0. The Balaban J connectivity index is 2.53. The van der Waals surface area contributed by atoms with Gasteiger partial charge in [0.25, 0.3) is 0 Å². The van der Waals surface area contributed by atoms with Gasteiger partial charge in [-0.15, -0.1) is 0 Å². The van der Waals surface area contributed by atoms with Gasteiger partial charge in [-0.25, -0.2) is 0 Å². The highest BCUT2D eigenvalue weighted by atomic mass is 15.2. The molecule has 0 aromatic rings. The Morgan fingerprint density at radius 2 is 1.94 bits per heavy atom. The molecule has 1 aliphatic rings. The fourth-order valence-corrected chi connectivity index (χ4v) is 2.83. The summed E-state index contributed by atoms with van der Waals surface area (Å²) in [5.74, 6) is 0.998. The van der Waals surface area contributed by atoms with E-state index in [1.165, 1.54) is 38.8 Å². The van der Waals surface area contributed by atoms with Gasteiger partial charge >= 0.3 is 0 Å². The standard InChI is InChI=1S/C16H34N2/c1-6-10-16(5,12-17-7-2)13-18(14(3)4)11-15-8-9-15/h14-15,17H,6-13H2,1-5H3. The van der Waals surface area contributed by atoms with Crippen LogP contribution in [0.2, 0.25) is 0 Å². The molecule has 0 saturated heterocycles. The lowest BCUT2D eigenvalue weighted by Crippen LogP contribution is -2.45. The maximum atomic E-state index is 3.56. The molecule has 108 valence electrons. The lowest BCUT2D eigenvalue weighted by atomic mass is 9.84. The van der Waals surface area contributed by atoms with Crippen LogP contribution in [0.25, 0.3) is 0 Å². The second-order valence-corrected chi connectivity index (χ2v) is 6.81. The molecule has 0 heterocycles. The van der Waals surface area contributed by atoms with Crippen molar-refractivity contribution in [2.24, 2.45) is 11.3 Å². The van der Waals surface area contributed by atoms with Crippen LogP contribution in [0, 0.1) is 11.3 Å². The van der Waals surface area contributed by atoms with E-state index in [0.29, 0.717) is 11.5 Å². The van der Waals surface area contributed by atoms with Crippen LogP contribution in [0.3, 0.4) is 0 Å². The minimum absolute atomic E-state index is 0.434. The average molecular weight is 254 g/mol. The van der Waals surface area contributed by atoms with Crippen LogP contribution >= 0.6 is 0 Å². The lowest BCUT2D eigenvalue weighted by Gasteiger charge is -2.38. The second kappa shape index (κ2) is 7.49. The van der Waals surface area contributed by atoms with Gasteiger partial charge in [0.1, 0.15) is 0 Å². The third-order valence-corrected chi connectivity index (χ3v) is 4.16. The molecule has 1 atom stereocenters. The fourth-order valence-electron chi connectivity index (χ4n) is 2.83. The van der Waals surface area contributed by atoms with E-state index in [0.717, 1.165) is 19.0 Å². The first-order valence-corrected chi connectivity index (χ1v) is 7.95. The van der Waals surface area contributed by atoms with Gasteiger partial charge in [-0.1, -0.05) is 27.2 Å². The second-order valence-electron chi connectivity index (χ2n) is 6.81. The maximum Gasteiger partial charge on any atom is 0.00503 e. The van der Waals surface area contributed by atoms with E-state index < -0.39 is 0 Å². The summed E-state index contributed by atoms with van der Waals surface area (Å²) in [6.45, 7) is 16.5. The SMILES string of the molecule is CCCC(C)(CNCC)CN(CC1CC1)C(C)C. The van der Waals surface area contributed by atoms with Gasteiger partial charge in [0.2, 0.25) is 0 Å². The maximum absolute atomic E-state index is 3.56. The van der Waals surface area contributed by atoms with Crippen LogP contribution in [-0.2, 0) is 0 Å². The molecule has 1 aliphatic carbocycles. The summed E-state index contributed by atoms with van der Waals surface area (Å²) in [4.78, 5) is 2.71. The van der Waals surface area contributed by atoms with E-state index in [1.54, 1.807) is 0 Å². The molecule has 1 N–H and O–H groups in total. The van der Waals surface area contributed by atoms with Crippen LogP contribution in [0.4, 0.5) is 0 Å². The molecule has 1 rings (SSSR count). The molecule has 0 radical (unpaired) electrons. The summed E-state index contributed by atoms with van der Waals surface area (Å²) in [6.07, 6.45) is 5.53. The predicted octanol–water partition coefficient (Wildman–Crippen LogP) is 3.52. The molecule has 0 aromatic heterocycles. The molecule has 1 unspecified atom stereocenters. The van der Waals surface area contributed by atoms with Crippen LogP contribution in [-0.4, -0.2) is 37.1 Å². The largest absolute Gasteiger partial charge is 0.316 e. The van der Waals surface area contributed by atoms with Crippen LogP contribution in [0.1, 0.15) is 60.3 Å². The quantitative estimate of drug-likeness (QED) is 0.641. The molecule has 0 aliphatic heterocycles. The smallest absolute Gasteiger partial charge is 0.00503 e. The summed E-state index contributed by atoms with van der Waals surface area (Å²) in [5.41, 5.74) is 0.434. The summed E-state index contributed by atoms with van der Waals surface area (Å²) < 4.78 is 0. The van der Waals surface area contributed by atoms with Crippen LogP contribution in [0.5, 0.6) is 0 Å². The Morgan fingerprint density at radius 1 is 1.28 bits per heavy atom. The van der Waals surface area contributed by atoms with E-state index >= 15 is 0 Å². The first kappa shape index (κ1) is 16.0. The van der Waals surface area contributed by atoms with E-state index in [9.17, 15) is 0 Å². The van der Waals surface area contributed by atoms with E-state index in [-0.39, 0.29) is 0 Å². The molecule has 18 heavy (non-hydrogen) atoms. The zero-order chi connectivity index (χ0) is 13.6. The summed E-state index contributed by atoms with van der Waals surface area (Å²) in [5, 5.41) is 3.56. The lowest BCUT2D eigenvalue weighted by molar-refractivity contribution is 0.118. The molecule has 0 amide bonds. The van der Waals surface area contributed by atoms with Crippen molar-refractivity contribution in [2.45, 2.75) is 66.3 Å². The molecule has 2 heteroatoms. The number of hydrogen-bond acceptors (Lipinski definition) is 2. The van der Waals surface area contributed by atoms with E-state index in [4.69, 9.17) is 0 Å². The van der Waals surface area contributed by atoms with E-state index in [1.807, 2.05) is 0 Å². The van der Waals surface area contributed by atoms with Crippen molar-refractivity contribution < 1.29 is 0 Å². The predicted molar refractivity (Wildman–Crippen MR) is 81.0 cm³/mol. The third kappa shape index (κ3) is 5.71. The Morgan fingerprint density at radius 3 is 2.39 bits per heavy atom. The minimum atomic E-state index is 0.434. The van der Waals surface area contributed by atoms with Crippen LogP contribution < -0.4 is 5.32 Å². The Kier molecular flexibility index (Phi) is 6.65. The molecule has 2 nitrogen and oxygen atoms in total. The average Bonchev–Trinajstić information content (AvgIpc) is 3.10. The number of nitrogens with one attached hydrogen (secondary N) is 1. The van der Waals surface area contributed by atoms with Crippen molar-refractivity contribution in [3.05, 3.63) is 0 Å². The van der Waals surface area contributed by atoms with E-state index in [2.05, 4.69) is 44.8 Å². The van der Waals surface area contributed by atoms with Gasteiger partial charge in [-0.05, 0) is 51.0 Å². The molecule has 0 bridgehead atoms. The van der Waals surface area contributed by atoms with Gasteiger partial charge in [0.15, 0.2) is 0 Å². The Hall–Kier alpha value is -0.0800. The van der Waals surface area contributed by atoms with Crippen LogP contribution in [0.15, 0.2) is 0 Å². The zero-order valence-corrected chi connectivity index (χ0v) is 13.3. The monoisotopic (exact) mass is 254 g/mol. The number of hydrogen-bond donors (Lipinski definition) is 1. The fraction of sp³-hybridized carbons (Fsp3) is 1.00.